The number of hydrogen-bond acceptors (Lipinski definition) is 0. The lowest BCUT2D eigenvalue weighted by Gasteiger charge is -2.13. The minimum absolute atomic E-state index is 0.540. The van der Waals surface area contributed by atoms with Crippen molar-refractivity contribution in [1.29, 1.82) is 0 Å². The Kier molecular flexibility index (Phi) is 2.97. The Morgan fingerprint density at radius 2 is 1.83 bits per heavy atom. The quantitative estimate of drug-likeness (QED) is 0.684. The van der Waals surface area contributed by atoms with Crippen LogP contribution in [0.4, 0.5) is 0 Å². The van der Waals surface area contributed by atoms with Crippen molar-refractivity contribution in [3.05, 3.63) is 48.0 Å². The summed E-state index contributed by atoms with van der Waals surface area (Å²) in [4.78, 5) is 0.610. The van der Waals surface area contributed by atoms with E-state index in [1.807, 2.05) is 0 Å². The molecule has 0 saturated heterocycles. The van der Waals surface area contributed by atoms with E-state index in [-0.39, 0.29) is 0 Å². The molecule has 0 radical (unpaired) electrons. The fourth-order valence-electron chi connectivity index (χ4n) is 2.95. The van der Waals surface area contributed by atoms with Crippen LogP contribution in [0.2, 0.25) is 0 Å². The van der Waals surface area contributed by atoms with Crippen molar-refractivity contribution in [2.75, 3.05) is 0 Å². The molecule has 1 heteroatoms. The third-order valence-corrected chi connectivity index (χ3v) is 5.28. The van der Waals surface area contributed by atoms with Crippen molar-refractivity contribution in [2.45, 2.75) is 31.5 Å². The molecule has 0 nitrogen and oxygen atoms in total. The van der Waals surface area contributed by atoms with Crippen LogP contribution in [-0.2, 0) is 6.42 Å². The maximum absolute atomic E-state index is 3.90. The van der Waals surface area contributed by atoms with Gasteiger partial charge in [-0.1, -0.05) is 72.2 Å². The smallest absolute Gasteiger partial charge is 0.0219 e. The van der Waals surface area contributed by atoms with Gasteiger partial charge >= 0.3 is 0 Å². The lowest BCUT2D eigenvalue weighted by Crippen LogP contribution is -2.09. The first-order valence-electron chi connectivity index (χ1n) is 6.69. The van der Waals surface area contributed by atoms with Crippen LogP contribution in [-0.4, -0.2) is 4.83 Å². The fourth-order valence-corrected chi connectivity index (χ4v) is 4.20. The van der Waals surface area contributed by atoms with Gasteiger partial charge < -0.3 is 0 Å². The number of fused-ring (bicyclic) bond motifs is 1. The summed E-state index contributed by atoms with van der Waals surface area (Å²) in [5, 5.41) is 2.76. The van der Waals surface area contributed by atoms with Gasteiger partial charge in [0.1, 0.15) is 0 Å². The van der Waals surface area contributed by atoms with Crippen molar-refractivity contribution in [2.24, 2.45) is 11.3 Å². The van der Waals surface area contributed by atoms with Crippen LogP contribution in [0, 0.1) is 11.3 Å². The summed E-state index contributed by atoms with van der Waals surface area (Å²) in [5.74, 6) is 0.830. The number of halogens is 1. The van der Waals surface area contributed by atoms with Crippen molar-refractivity contribution in [1.82, 2.24) is 0 Å². The highest BCUT2D eigenvalue weighted by atomic mass is 79.9. The van der Waals surface area contributed by atoms with Crippen LogP contribution in [0.1, 0.15) is 25.8 Å². The monoisotopic (exact) mass is 302 g/mol. The maximum atomic E-state index is 3.90. The summed E-state index contributed by atoms with van der Waals surface area (Å²) in [6.45, 7) is 4.74. The molecular formula is C17H19Br. The largest absolute Gasteiger partial charge is 0.0884 e. The second-order valence-corrected chi connectivity index (χ2v) is 7.33. The Hall–Kier alpha value is -0.820. The van der Waals surface area contributed by atoms with Crippen LogP contribution in [0.15, 0.2) is 42.5 Å². The molecule has 94 valence electrons. The van der Waals surface area contributed by atoms with E-state index in [1.165, 1.54) is 22.8 Å². The highest BCUT2D eigenvalue weighted by Gasteiger charge is 2.49. The molecule has 2 aromatic carbocycles. The van der Waals surface area contributed by atoms with Gasteiger partial charge in [0.25, 0.3) is 0 Å². The van der Waals surface area contributed by atoms with Gasteiger partial charge in [0, 0.05) is 4.83 Å². The highest BCUT2D eigenvalue weighted by molar-refractivity contribution is 9.09. The molecule has 1 saturated carbocycles. The number of benzene rings is 2. The molecular weight excluding hydrogens is 284 g/mol. The van der Waals surface area contributed by atoms with E-state index in [1.54, 1.807) is 0 Å². The standard InChI is InChI=1S/C17H19Br/c1-17(2)11-15(17)16(18)10-13-8-5-7-12-6-3-4-9-14(12)13/h3-9,15-16H,10-11H2,1-2H3. The molecule has 0 amide bonds. The SMILES string of the molecule is CC1(C)CC1C(Br)Cc1cccc2ccccc12. The number of alkyl halides is 1. The molecule has 1 fully saturated rings. The normalized spacial score (nSPS) is 22.9. The number of rotatable bonds is 3. The van der Waals surface area contributed by atoms with E-state index in [4.69, 9.17) is 0 Å². The Labute approximate surface area is 118 Å². The summed E-state index contributed by atoms with van der Waals surface area (Å²) in [6.07, 6.45) is 2.49. The van der Waals surface area contributed by atoms with Gasteiger partial charge in [-0.15, -0.1) is 0 Å². The van der Waals surface area contributed by atoms with E-state index < -0.39 is 0 Å². The molecule has 3 rings (SSSR count). The molecule has 1 aliphatic rings. The first-order valence-corrected chi connectivity index (χ1v) is 7.60. The third-order valence-electron chi connectivity index (χ3n) is 4.32. The minimum atomic E-state index is 0.540. The molecule has 2 aromatic rings. The molecule has 1 aliphatic carbocycles. The van der Waals surface area contributed by atoms with E-state index in [0.29, 0.717) is 10.2 Å². The van der Waals surface area contributed by atoms with Crippen LogP contribution < -0.4 is 0 Å². The van der Waals surface area contributed by atoms with E-state index in [2.05, 4.69) is 72.2 Å². The Bertz CT molecular complexity index is 565. The van der Waals surface area contributed by atoms with Crippen LogP contribution in [0.3, 0.4) is 0 Å². The van der Waals surface area contributed by atoms with Gasteiger partial charge in [0.15, 0.2) is 0 Å². The van der Waals surface area contributed by atoms with E-state index in [9.17, 15) is 0 Å². The summed E-state index contributed by atoms with van der Waals surface area (Å²) in [7, 11) is 0. The van der Waals surface area contributed by atoms with Crippen molar-refractivity contribution < 1.29 is 0 Å². The average Bonchev–Trinajstić information content (AvgIpc) is 2.99. The molecule has 18 heavy (non-hydrogen) atoms. The zero-order valence-corrected chi connectivity index (χ0v) is 12.6. The molecule has 0 aliphatic heterocycles. The lowest BCUT2D eigenvalue weighted by atomic mass is 9.98. The first-order chi connectivity index (χ1) is 8.58. The van der Waals surface area contributed by atoms with E-state index >= 15 is 0 Å². The Morgan fingerprint density at radius 1 is 1.17 bits per heavy atom. The molecule has 0 heterocycles. The summed E-state index contributed by atoms with van der Waals surface area (Å²) < 4.78 is 0. The second-order valence-electron chi connectivity index (χ2n) is 6.16. The zero-order chi connectivity index (χ0) is 12.8. The Balaban J connectivity index is 1.87. The predicted octanol–water partition coefficient (Wildman–Crippen LogP) is 5.19. The van der Waals surface area contributed by atoms with Gasteiger partial charge in [-0.2, -0.15) is 0 Å². The summed E-state index contributed by atoms with van der Waals surface area (Å²) in [6, 6.07) is 15.3. The van der Waals surface area contributed by atoms with Crippen LogP contribution >= 0.6 is 15.9 Å². The maximum Gasteiger partial charge on any atom is 0.0219 e. The van der Waals surface area contributed by atoms with Crippen molar-refractivity contribution in [3.63, 3.8) is 0 Å². The fraction of sp³-hybridized carbons (Fsp3) is 0.412. The lowest BCUT2D eigenvalue weighted by molar-refractivity contribution is 0.546. The van der Waals surface area contributed by atoms with E-state index in [0.717, 1.165) is 12.3 Å². The molecule has 2 atom stereocenters. The topological polar surface area (TPSA) is 0 Å². The van der Waals surface area contributed by atoms with Gasteiger partial charge in [-0.05, 0) is 40.5 Å². The van der Waals surface area contributed by atoms with Gasteiger partial charge in [-0.3, -0.25) is 0 Å². The average molecular weight is 303 g/mol. The van der Waals surface area contributed by atoms with Gasteiger partial charge in [-0.25, -0.2) is 0 Å². The predicted molar refractivity (Wildman–Crippen MR) is 82.3 cm³/mol. The van der Waals surface area contributed by atoms with Crippen molar-refractivity contribution >= 4 is 26.7 Å². The molecule has 0 N–H and O–H groups in total. The molecule has 0 aromatic heterocycles. The van der Waals surface area contributed by atoms with Crippen LogP contribution in [0.5, 0.6) is 0 Å². The molecule has 0 spiro atoms. The first kappa shape index (κ1) is 12.2. The highest BCUT2D eigenvalue weighted by Crippen LogP contribution is 2.56. The minimum Gasteiger partial charge on any atom is -0.0884 e. The molecule has 0 bridgehead atoms. The van der Waals surface area contributed by atoms with Gasteiger partial charge in [0.2, 0.25) is 0 Å². The second kappa shape index (κ2) is 4.38. The van der Waals surface area contributed by atoms with Crippen LogP contribution in [0.25, 0.3) is 10.8 Å². The summed E-state index contributed by atoms with van der Waals surface area (Å²) in [5.41, 5.74) is 2.01. The van der Waals surface area contributed by atoms with Gasteiger partial charge in [0.05, 0.1) is 0 Å². The number of hydrogen-bond donors (Lipinski definition) is 0. The third kappa shape index (κ3) is 2.21. The zero-order valence-electron chi connectivity index (χ0n) is 11.0. The van der Waals surface area contributed by atoms with Crippen molar-refractivity contribution in [3.8, 4) is 0 Å². The molecule has 2 unspecified atom stereocenters. The Morgan fingerprint density at radius 3 is 2.56 bits per heavy atom. The summed E-state index contributed by atoms with van der Waals surface area (Å²) >= 11 is 3.90.